The molecule has 1 aromatic carbocycles. The van der Waals surface area contributed by atoms with E-state index >= 15 is 0 Å². The molecule has 0 saturated heterocycles. The lowest BCUT2D eigenvalue weighted by molar-refractivity contribution is -0.154. The largest absolute Gasteiger partial charge is 0.460 e. The third kappa shape index (κ3) is 4.87. The molecule has 1 rings (SSSR count). The van der Waals surface area contributed by atoms with Crippen molar-refractivity contribution in [3.8, 4) is 0 Å². The van der Waals surface area contributed by atoms with Gasteiger partial charge in [0.05, 0.1) is 6.61 Å². The number of benzene rings is 1. The van der Waals surface area contributed by atoms with E-state index in [1.165, 1.54) is 6.92 Å². The van der Waals surface area contributed by atoms with Crippen molar-refractivity contribution in [2.24, 2.45) is 0 Å². The second-order valence-electron chi connectivity index (χ2n) is 3.87. The van der Waals surface area contributed by atoms with E-state index in [2.05, 4.69) is 4.74 Å². The molecule has 0 spiro atoms. The van der Waals surface area contributed by atoms with Gasteiger partial charge in [-0.25, -0.2) is 4.79 Å². The van der Waals surface area contributed by atoms with Crippen LogP contribution in [0.1, 0.15) is 19.4 Å². The SMILES string of the molecule is CCOC(=O)C(=O)C(SCc1ccccc1)C(C)=O. The van der Waals surface area contributed by atoms with Gasteiger partial charge < -0.3 is 4.74 Å². The monoisotopic (exact) mass is 280 g/mol. The van der Waals surface area contributed by atoms with E-state index in [4.69, 9.17) is 0 Å². The summed E-state index contributed by atoms with van der Waals surface area (Å²) in [6.07, 6.45) is 0. The number of Topliss-reactive ketones (excluding diaryl/α,β-unsaturated/α-hetero) is 2. The average Bonchev–Trinajstić information content (AvgIpc) is 2.39. The van der Waals surface area contributed by atoms with Gasteiger partial charge in [0.25, 0.3) is 5.78 Å². The first kappa shape index (κ1) is 15.4. The van der Waals surface area contributed by atoms with E-state index in [1.807, 2.05) is 30.3 Å². The molecule has 4 nitrogen and oxygen atoms in total. The fourth-order valence-corrected chi connectivity index (χ4v) is 2.47. The molecule has 0 radical (unpaired) electrons. The van der Waals surface area contributed by atoms with Crippen molar-refractivity contribution < 1.29 is 19.1 Å². The predicted molar refractivity (Wildman–Crippen MR) is 73.8 cm³/mol. The molecule has 19 heavy (non-hydrogen) atoms. The van der Waals surface area contributed by atoms with Crippen LogP contribution in [-0.4, -0.2) is 29.4 Å². The Labute approximate surface area is 116 Å². The fraction of sp³-hybridized carbons (Fsp3) is 0.357. The maximum absolute atomic E-state index is 11.8. The van der Waals surface area contributed by atoms with E-state index in [0.717, 1.165) is 17.3 Å². The summed E-state index contributed by atoms with van der Waals surface area (Å²) in [7, 11) is 0. The highest BCUT2D eigenvalue weighted by Crippen LogP contribution is 2.20. The van der Waals surface area contributed by atoms with Gasteiger partial charge >= 0.3 is 5.97 Å². The van der Waals surface area contributed by atoms with Crippen LogP contribution in [0.5, 0.6) is 0 Å². The molecule has 0 bridgehead atoms. The number of rotatable bonds is 7. The summed E-state index contributed by atoms with van der Waals surface area (Å²) in [4.78, 5) is 34.6. The first-order chi connectivity index (χ1) is 9.06. The van der Waals surface area contributed by atoms with E-state index in [0.29, 0.717) is 5.75 Å². The van der Waals surface area contributed by atoms with Crippen LogP contribution in [0.3, 0.4) is 0 Å². The normalized spacial score (nSPS) is 11.7. The molecule has 1 aromatic rings. The molecule has 1 unspecified atom stereocenters. The highest BCUT2D eigenvalue weighted by molar-refractivity contribution is 8.00. The molecule has 1 atom stereocenters. The molecule has 102 valence electrons. The van der Waals surface area contributed by atoms with Crippen molar-refractivity contribution in [3.05, 3.63) is 35.9 Å². The number of ketones is 2. The minimum absolute atomic E-state index is 0.124. The van der Waals surface area contributed by atoms with E-state index in [9.17, 15) is 14.4 Å². The fourth-order valence-electron chi connectivity index (χ4n) is 1.44. The Kier molecular flexibility index (Phi) is 6.29. The Bertz CT molecular complexity index is 456. The zero-order valence-corrected chi connectivity index (χ0v) is 11.7. The standard InChI is InChI=1S/C14H16O4S/c1-3-18-14(17)12(16)13(10(2)15)19-9-11-7-5-4-6-8-11/h4-8,13H,3,9H2,1-2H3. The molecule has 0 aliphatic carbocycles. The molecule has 0 saturated carbocycles. The van der Waals surface area contributed by atoms with E-state index < -0.39 is 17.0 Å². The van der Waals surface area contributed by atoms with Gasteiger partial charge in [0.15, 0.2) is 5.78 Å². The van der Waals surface area contributed by atoms with Crippen molar-refractivity contribution in [3.63, 3.8) is 0 Å². The Balaban J connectivity index is 2.66. The molecule has 0 heterocycles. The minimum Gasteiger partial charge on any atom is -0.460 e. The molecule has 0 amide bonds. The molecular weight excluding hydrogens is 264 g/mol. The van der Waals surface area contributed by atoms with Crippen molar-refractivity contribution >= 4 is 29.3 Å². The topological polar surface area (TPSA) is 60.4 Å². The van der Waals surface area contributed by atoms with Crippen LogP contribution < -0.4 is 0 Å². The van der Waals surface area contributed by atoms with Crippen LogP contribution in [0, 0.1) is 0 Å². The quantitative estimate of drug-likeness (QED) is 0.434. The molecule has 0 aromatic heterocycles. The van der Waals surface area contributed by atoms with Gasteiger partial charge in [0.2, 0.25) is 0 Å². The lowest BCUT2D eigenvalue weighted by Crippen LogP contribution is -2.33. The summed E-state index contributed by atoms with van der Waals surface area (Å²) >= 11 is 1.15. The van der Waals surface area contributed by atoms with Crippen LogP contribution in [0.25, 0.3) is 0 Å². The summed E-state index contributed by atoms with van der Waals surface area (Å²) in [6.45, 7) is 3.05. The summed E-state index contributed by atoms with van der Waals surface area (Å²) in [5.74, 6) is -1.56. The molecule has 0 aliphatic rings. The van der Waals surface area contributed by atoms with Crippen molar-refractivity contribution in [1.82, 2.24) is 0 Å². The lowest BCUT2D eigenvalue weighted by atomic mass is 10.2. The molecule has 0 N–H and O–H groups in total. The van der Waals surface area contributed by atoms with Crippen molar-refractivity contribution in [1.29, 1.82) is 0 Å². The summed E-state index contributed by atoms with van der Waals surface area (Å²) in [6, 6.07) is 9.45. The number of thioether (sulfide) groups is 1. The van der Waals surface area contributed by atoms with Crippen molar-refractivity contribution in [2.45, 2.75) is 24.9 Å². The minimum atomic E-state index is -0.987. The first-order valence-corrected chi connectivity index (χ1v) is 6.98. The lowest BCUT2D eigenvalue weighted by Gasteiger charge is -2.11. The third-order valence-electron chi connectivity index (χ3n) is 2.34. The summed E-state index contributed by atoms with van der Waals surface area (Å²) in [5, 5.41) is -0.987. The first-order valence-electron chi connectivity index (χ1n) is 5.93. The van der Waals surface area contributed by atoms with E-state index in [1.54, 1.807) is 6.92 Å². The third-order valence-corrected chi connectivity index (χ3v) is 3.72. The van der Waals surface area contributed by atoms with Crippen LogP contribution in [0.15, 0.2) is 30.3 Å². The number of carbonyl (C=O) groups is 3. The van der Waals surface area contributed by atoms with Gasteiger partial charge in [-0.3, -0.25) is 9.59 Å². The summed E-state index contributed by atoms with van der Waals surface area (Å²) < 4.78 is 4.63. The zero-order valence-electron chi connectivity index (χ0n) is 10.9. The Morgan fingerprint density at radius 2 is 1.84 bits per heavy atom. The van der Waals surface area contributed by atoms with Crippen LogP contribution in [0.2, 0.25) is 0 Å². The molecule has 0 fully saturated rings. The smallest absolute Gasteiger partial charge is 0.376 e. The average molecular weight is 280 g/mol. The highest BCUT2D eigenvalue weighted by Gasteiger charge is 2.30. The van der Waals surface area contributed by atoms with Gasteiger partial charge in [0.1, 0.15) is 5.25 Å². The molecule has 5 heteroatoms. The number of carbonyl (C=O) groups excluding carboxylic acids is 3. The van der Waals surface area contributed by atoms with Gasteiger partial charge in [-0.15, -0.1) is 11.8 Å². The zero-order chi connectivity index (χ0) is 14.3. The van der Waals surface area contributed by atoms with E-state index in [-0.39, 0.29) is 12.4 Å². The van der Waals surface area contributed by atoms with Gasteiger partial charge in [-0.1, -0.05) is 30.3 Å². The maximum atomic E-state index is 11.8. The Hall–Kier alpha value is -1.62. The van der Waals surface area contributed by atoms with Gasteiger partial charge in [-0.2, -0.15) is 0 Å². The van der Waals surface area contributed by atoms with Crippen LogP contribution in [0.4, 0.5) is 0 Å². The number of hydrogen-bond donors (Lipinski definition) is 0. The van der Waals surface area contributed by atoms with Crippen molar-refractivity contribution in [2.75, 3.05) is 6.61 Å². The summed E-state index contributed by atoms with van der Waals surface area (Å²) in [5.41, 5.74) is 0.996. The molecular formula is C14H16O4S. The number of esters is 1. The predicted octanol–water partition coefficient (Wildman–Crippen LogP) is 2.01. The second-order valence-corrected chi connectivity index (χ2v) is 4.97. The molecule has 0 aliphatic heterocycles. The van der Waals surface area contributed by atoms with Crippen LogP contribution >= 0.6 is 11.8 Å². The van der Waals surface area contributed by atoms with Gasteiger partial charge in [0, 0.05) is 5.75 Å². The highest BCUT2D eigenvalue weighted by atomic mass is 32.2. The maximum Gasteiger partial charge on any atom is 0.376 e. The number of hydrogen-bond acceptors (Lipinski definition) is 5. The second kappa shape index (κ2) is 7.74. The number of ether oxygens (including phenoxy) is 1. The van der Waals surface area contributed by atoms with Gasteiger partial charge in [-0.05, 0) is 19.4 Å². The Morgan fingerprint density at radius 1 is 1.21 bits per heavy atom. The Morgan fingerprint density at radius 3 is 2.37 bits per heavy atom. The van der Waals surface area contributed by atoms with Crippen LogP contribution in [-0.2, 0) is 24.9 Å².